The molecule has 0 saturated heterocycles. The van der Waals surface area contributed by atoms with E-state index in [2.05, 4.69) is 104 Å². The Hall–Kier alpha value is -6.37. The van der Waals surface area contributed by atoms with E-state index in [1.165, 1.54) is 11.1 Å². The second-order valence-corrected chi connectivity index (χ2v) is 16.5. The maximum atomic E-state index is 14.3. The molecule has 0 atom stereocenters. The Labute approximate surface area is 315 Å². The van der Waals surface area contributed by atoms with Crippen LogP contribution in [0, 0.1) is 0 Å². The predicted molar refractivity (Wildman–Crippen MR) is 221 cm³/mol. The number of rotatable bonds is 4. The summed E-state index contributed by atoms with van der Waals surface area (Å²) in [5.74, 6) is 1.47. The third kappa shape index (κ3) is 4.47. The van der Waals surface area contributed by atoms with Crippen LogP contribution in [0.15, 0.2) is 179 Å². The molecule has 0 amide bonds. The molecule has 0 N–H and O–H groups in total. The summed E-state index contributed by atoms with van der Waals surface area (Å²) in [6, 6.07) is 44.7. The fourth-order valence-corrected chi connectivity index (χ4v) is 10.2. The van der Waals surface area contributed by atoms with Crippen LogP contribution in [-0.2, 0) is 15.3 Å². The lowest BCUT2D eigenvalue weighted by molar-refractivity contribution is 0.478. The van der Waals surface area contributed by atoms with E-state index in [9.17, 15) is 8.42 Å². The lowest BCUT2D eigenvalue weighted by Gasteiger charge is -2.43. The Morgan fingerprint density at radius 2 is 1.24 bits per heavy atom. The number of allylic oxidation sites excluding steroid dienone is 4. The molecule has 0 saturated carbocycles. The number of sulfone groups is 1. The van der Waals surface area contributed by atoms with Gasteiger partial charge in [-0.1, -0.05) is 111 Å². The van der Waals surface area contributed by atoms with Gasteiger partial charge in [-0.2, -0.15) is 0 Å². The topological polar surface area (TPSA) is 49.9 Å². The molecule has 3 aliphatic rings. The van der Waals surface area contributed by atoms with Gasteiger partial charge in [0.25, 0.3) is 0 Å². The maximum absolute atomic E-state index is 14.3. The average Bonchev–Trinajstić information content (AvgIpc) is 3.42. The lowest BCUT2D eigenvalue weighted by atomic mass is 9.73. The molecule has 3 aliphatic heterocycles. The van der Waals surface area contributed by atoms with Crippen LogP contribution < -0.4 is 14.5 Å². The van der Waals surface area contributed by atoms with Crippen LogP contribution in [0.1, 0.15) is 26.3 Å². The first-order valence-corrected chi connectivity index (χ1v) is 19.6. The molecule has 0 radical (unpaired) electrons. The summed E-state index contributed by atoms with van der Waals surface area (Å²) in [6.07, 6.45) is 5.88. The van der Waals surface area contributed by atoms with Gasteiger partial charge in [-0.25, -0.2) is 8.42 Å². The summed E-state index contributed by atoms with van der Waals surface area (Å²) in [4.78, 5) is 5.12. The van der Waals surface area contributed by atoms with E-state index < -0.39 is 9.84 Å². The molecule has 5 nitrogen and oxygen atoms in total. The minimum atomic E-state index is -3.77. The highest BCUT2D eigenvalue weighted by Gasteiger charge is 2.39. The summed E-state index contributed by atoms with van der Waals surface area (Å²) in [7, 11) is -3.77. The van der Waals surface area contributed by atoms with Gasteiger partial charge in [-0.3, -0.25) is 0 Å². The first kappa shape index (κ1) is 32.3. The standard InChI is InChI=1S/C48H36N2O3S/c1-5-6-17-40-30(2)48(3,4)39-24-20-31-13-7-9-15-35(31)46(39)49(40)33-22-26-44-37(28-33)38-29-34(23-27-45(38)54(44,51)52)50-41-18-11-12-19-42(41)53-43-25-21-32-14-8-10-16-36(32)47(43)50/h5-29H,1H2,2-4H3/b17-6-. The summed E-state index contributed by atoms with van der Waals surface area (Å²) in [6.45, 7) is 10.7. The number of hydrogen-bond donors (Lipinski definition) is 0. The Balaban J connectivity index is 1.21. The Morgan fingerprint density at radius 1 is 0.648 bits per heavy atom. The highest BCUT2D eigenvalue weighted by Crippen LogP contribution is 2.56. The van der Waals surface area contributed by atoms with Gasteiger partial charge < -0.3 is 14.5 Å². The zero-order chi connectivity index (χ0) is 36.9. The predicted octanol–water partition coefficient (Wildman–Crippen LogP) is 12.8. The molecule has 0 spiro atoms. The minimum absolute atomic E-state index is 0.257. The number of benzene rings is 7. The lowest BCUT2D eigenvalue weighted by Crippen LogP contribution is -2.33. The first-order valence-electron chi connectivity index (χ1n) is 18.1. The first-order chi connectivity index (χ1) is 26.2. The van der Waals surface area contributed by atoms with Crippen molar-refractivity contribution >= 4 is 59.8 Å². The second kappa shape index (κ2) is 11.6. The van der Waals surface area contributed by atoms with Crippen LogP contribution in [0.25, 0.3) is 32.7 Å². The zero-order valence-electron chi connectivity index (χ0n) is 30.2. The van der Waals surface area contributed by atoms with Crippen molar-refractivity contribution in [2.24, 2.45) is 0 Å². The third-order valence-corrected chi connectivity index (χ3v) is 13.3. The maximum Gasteiger partial charge on any atom is 0.207 e. The SMILES string of the molecule is C=C/C=C\C1=C(C)C(C)(C)c2ccc3ccccc3c2N1c1ccc2c(c1)-c1cc(N3c4ccccc4Oc4ccc5ccccc5c43)ccc1S2(=O)=O. The van der Waals surface area contributed by atoms with Gasteiger partial charge in [0, 0.05) is 44.4 Å². The zero-order valence-corrected chi connectivity index (χ0v) is 31.0. The fourth-order valence-electron chi connectivity index (χ4n) is 8.54. The van der Waals surface area contributed by atoms with Crippen molar-refractivity contribution in [1.82, 2.24) is 0 Å². The second-order valence-electron chi connectivity index (χ2n) is 14.7. The Morgan fingerprint density at radius 3 is 1.93 bits per heavy atom. The molecule has 262 valence electrons. The molecule has 7 aromatic rings. The smallest absolute Gasteiger partial charge is 0.207 e. The van der Waals surface area contributed by atoms with Crippen LogP contribution in [-0.4, -0.2) is 8.42 Å². The molecule has 54 heavy (non-hydrogen) atoms. The van der Waals surface area contributed by atoms with E-state index in [1.807, 2.05) is 66.7 Å². The molecule has 0 aliphatic carbocycles. The molecule has 3 heterocycles. The number of anilines is 5. The van der Waals surface area contributed by atoms with Crippen LogP contribution in [0.4, 0.5) is 28.4 Å². The van der Waals surface area contributed by atoms with Crippen molar-refractivity contribution in [3.05, 3.63) is 175 Å². The normalized spacial score (nSPS) is 16.1. The molecular formula is C48H36N2O3S. The van der Waals surface area contributed by atoms with E-state index in [0.717, 1.165) is 67.2 Å². The van der Waals surface area contributed by atoms with Gasteiger partial charge in [0.1, 0.15) is 0 Å². The van der Waals surface area contributed by atoms with E-state index >= 15 is 0 Å². The molecule has 0 bridgehead atoms. The van der Waals surface area contributed by atoms with E-state index in [4.69, 9.17) is 4.74 Å². The van der Waals surface area contributed by atoms with Crippen LogP contribution >= 0.6 is 0 Å². The van der Waals surface area contributed by atoms with Crippen molar-refractivity contribution in [1.29, 1.82) is 0 Å². The van der Waals surface area contributed by atoms with Crippen LogP contribution in [0.5, 0.6) is 11.5 Å². The summed E-state index contributed by atoms with van der Waals surface area (Å²) < 4.78 is 35.0. The largest absolute Gasteiger partial charge is 0.453 e. The van der Waals surface area contributed by atoms with Gasteiger partial charge in [0.05, 0.1) is 26.9 Å². The van der Waals surface area contributed by atoms with Crippen molar-refractivity contribution in [2.45, 2.75) is 36.0 Å². The van der Waals surface area contributed by atoms with E-state index in [1.54, 1.807) is 18.2 Å². The van der Waals surface area contributed by atoms with Gasteiger partial charge in [-0.05, 0) is 89.5 Å². The molecular weight excluding hydrogens is 685 g/mol. The highest BCUT2D eigenvalue weighted by atomic mass is 32.2. The van der Waals surface area contributed by atoms with Gasteiger partial charge in [0.2, 0.25) is 9.84 Å². The van der Waals surface area contributed by atoms with Crippen molar-refractivity contribution in [3.8, 4) is 22.6 Å². The van der Waals surface area contributed by atoms with Gasteiger partial charge in [0.15, 0.2) is 11.5 Å². The number of para-hydroxylation sites is 2. The molecule has 7 aromatic carbocycles. The van der Waals surface area contributed by atoms with Gasteiger partial charge in [-0.15, -0.1) is 0 Å². The van der Waals surface area contributed by atoms with E-state index in [-0.39, 0.29) is 5.41 Å². The van der Waals surface area contributed by atoms with Gasteiger partial charge >= 0.3 is 0 Å². The fraction of sp³-hybridized carbons (Fsp3) is 0.0833. The number of fused-ring (bicyclic) bond motifs is 10. The van der Waals surface area contributed by atoms with Crippen molar-refractivity contribution in [3.63, 3.8) is 0 Å². The molecule has 10 rings (SSSR count). The average molecular weight is 721 g/mol. The Bertz CT molecular complexity index is 2960. The number of ether oxygens (including phenoxy) is 1. The van der Waals surface area contributed by atoms with Crippen molar-refractivity contribution < 1.29 is 13.2 Å². The summed E-state index contributed by atoms with van der Waals surface area (Å²) in [5.41, 5.74) is 9.17. The quantitative estimate of drug-likeness (QED) is 0.169. The third-order valence-electron chi connectivity index (χ3n) is 11.5. The summed E-state index contributed by atoms with van der Waals surface area (Å²) in [5, 5.41) is 4.40. The minimum Gasteiger partial charge on any atom is -0.453 e. The molecule has 0 unspecified atom stereocenters. The summed E-state index contributed by atoms with van der Waals surface area (Å²) >= 11 is 0. The highest BCUT2D eigenvalue weighted by molar-refractivity contribution is 7.92. The van der Waals surface area contributed by atoms with Crippen LogP contribution in [0.2, 0.25) is 0 Å². The molecule has 6 heteroatoms. The Kier molecular flexibility index (Phi) is 6.92. The monoisotopic (exact) mass is 720 g/mol. The van der Waals surface area contributed by atoms with Crippen LogP contribution in [0.3, 0.4) is 0 Å². The molecule has 0 aromatic heterocycles. The molecule has 0 fully saturated rings. The number of nitrogens with zero attached hydrogens (tertiary/aromatic N) is 2. The van der Waals surface area contributed by atoms with Crippen molar-refractivity contribution in [2.75, 3.05) is 9.80 Å². The van der Waals surface area contributed by atoms with E-state index in [0.29, 0.717) is 20.9 Å². The number of hydrogen-bond acceptors (Lipinski definition) is 5.